The van der Waals surface area contributed by atoms with Crippen molar-refractivity contribution in [2.24, 2.45) is 0 Å². The van der Waals surface area contributed by atoms with Crippen LogP contribution >= 0.6 is 11.6 Å². The molecule has 0 radical (unpaired) electrons. The molecule has 0 aliphatic rings. The van der Waals surface area contributed by atoms with Crippen molar-refractivity contribution in [1.29, 1.82) is 0 Å². The minimum absolute atomic E-state index is 0.413. The van der Waals surface area contributed by atoms with E-state index in [2.05, 4.69) is 38.2 Å². The molecule has 0 heterocycles. The fraction of sp³-hybridized carbons (Fsp3) is 0.400. The summed E-state index contributed by atoms with van der Waals surface area (Å²) >= 11 is 6.45. The van der Waals surface area contributed by atoms with Gasteiger partial charge in [-0.25, -0.2) is 0 Å². The van der Waals surface area contributed by atoms with E-state index in [0.29, 0.717) is 35.8 Å². The highest BCUT2D eigenvalue weighted by Crippen LogP contribution is 2.37. The van der Waals surface area contributed by atoms with Gasteiger partial charge in [0.2, 0.25) is 0 Å². The molecule has 0 bridgehead atoms. The van der Waals surface area contributed by atoms with Crippen LogP contribution in [0, 0.1) is 6.92 Å². The van der Waals surface area contributed by atoms with Crippen molar-refractivity contribution in [2.45, 2.75) is 46.9 Å². The van der Waals surface area contributed by atoms with E-state index in [9.17, 15) is 0 Å². The molecule has 1 N–H and O–H groups in total. The fourth-order valence-electron chi connectivity index (χ4n) is 2.41. The summed E-state index contributed by atoms with van der Waals surface area (Å²) in [5.74, 6) is 1.30. The van der Waals surface area contributed by atoms with Gasteiger partial charge < -0.3 is 14.8 Å². The van der Waals surface area contributed by atoms with E-state index in [0.717, 1.165) is 17.7 Å². The lowest BCUT2D eigenvalue weighted by molar-refractivity contribution is 0.269. The normalized spacial score (nSPS) is 10.9. The van der Waals surface area contributed by atoms with Crippen molar-refractivity contribution >= 4 is 11.6 Å². The lowest BCUT2D eigenvalue weighted by atomic mass is 10.1. The summed E-state index contributed by atoms with van der Waals surface area (Å²) < 4.78 is 11.7. The van der Waals surface area contributed by atoms with Gasteiger partial charge in [-0.05, 0) is 37.1 Å². The predicted octanol–water partition coefficient (Wildman–Crippen LogP) is 5.12. The number of ether oxygens (including phenoxy) is 2. The second-order valence-electron chi connectivity index (χ2n) is 6.15. The maximum atomic E-state index is 6.45. The summed E-state index contributed by atoms with van der Waals surface area (Å²) in [5.41, 5.74) is 3.40. The second-order valence-corrected chi connectivity index (χ2v) is 6.56. The van der Waals surface area contributed by atoms with Crippen molar-refractivity contribution < 1.29 is 9.47 Å². The maximum absolute atomic E-state index is 6.45. The molecule has 2 aromatic rings. The lowest BCUT2D eigenvalue weighted by Crippen LogP contribution is -2.21. The van der Waals surface area contributed by atoms with E-state index in [1.807, 2.05) is 31.2 Å². The minimum atomic E-state index is 0.413. The third-order valence-corrected chi connectivity index (χ3v) is 3.83. The molecule has 0 aromatic heterocycles. The molecule has 0 aliphatic heterocycles. The van der Waals surface area contributed by atoms with E-state index in [1.54, 1.807) is 0 Å². The van der Waals surface area contributed by atoms with Gasteiger partial charge in [0.1, 0.15) is 6.61 Å². The summed E-state index contributed by atoms with van der Waals surface area (Å²) in [6, 6.07) is 12.6. The molecule has 0 amide bonds. The van der Waals surface area contributed by atoms with Crippen LogP contribution < -0.4 is 14.8 Å². The van der Waals surface area contributed by atoms with Crippen molar-refractivity contribution in [3.8, 4) is 11.5 Å². The molecule has 24 heavy (non-hydrogen) atoms. The number of aryl methyl sites for hydroxylation is 1. The highest BCUT2D eigenvalue weighted by Gasteiger charge is 2.13. The molecule has 2 rings (SSSR count). The maximum Gasteiger partial charge on any atom is 0.180 e. The molecular weight excluding hydrogens is 322 g/mol. The van der Waals surface area contributed by atoms with Gasteiger partial charge in [0.15, 0.2) is 11.5 Å². The standard InChI is InChI=1S/C20H26ClNO2/c1-5-23-19-11-17(12-22-14(2)3)10-18(21)20(19)24-13-16-8-6-7-15(4)9-16/h6-11,14,22H,5,12-13H2,1-4H3. The zero-order valence-electron chi connectivity index (χ0n) is 14.9. The van der Waals surface area contributed by atoms with Gasteiger partial charge in [0.05, 0.1) is 11.6 Å². The van der Waals surface area contributed by atoms with Crippen LogP contribution in [-0.2, 0) is 13.2 Å². The molecule has 0 unspecified atom stereocenters. The first-order valence-corrected chi connectivity index (χ1v) is 8.74. The zero-order chi connectivity index (χ0) is 17.5. The average Bonchev–Trinajstić information content (AvgIpc) is 2.52. The fourth-order valence-corrected chi connectivity index (χ4v) is 2.69. The summed E-state index contributed by atoms with van der Waals surface area (Å²) in [5, 5.41) is 3.96. The van der Waals surface area contributed by atoms with E-state index in [4.69, 9.17) is 21.1 Å². The van der Waals surface area contributed by atoms with Crippen LogP contribution in [0.3, 0.4) is 0 Å². The Morgan fingerprint density at radius 2 is 1.88 bits per heavy atom. The third kappa shape index (κ3) is 5.43. The van der Waals surface area contributed by atoms with Crippen LogP contribution in [0.15, 0.2) is 36.4 Å². The minimum Gasteiger partial charge on any atom is -0.490 e. The zero-order valence-corrected chi connectivity index (χ0v) is 15.6. The molecule has 0 saturated heterocycles. The van der Waals surface area contributed by atoms with Crippen LogP contribution in [0.5, 0.6) is 11.5 Å². The Bertz CT molecular complexity index is 671. The molecule has 130 valence electrons. The summed E-state index contributed by atoms with van der Waals surface area (Å²) in [7, 11) is 0. The Hall–Kier alpha value is -1.71. The Morgan fingerprint density at radius 1 is 1.08 bits per heavy atom. The molecule has 3 nitrogen and oxygen atoms in total. The van der Waals surface area contributed by atoms with Crippen molar-refractivity contribution in [2.75, 3.05) is 6.61 Å². The number of nitrogens with one attached hydrogen (secondary N) is 1. The Kier molecular flexibility index (Phi) is 6.95. The number of halogens is 1. The quantitative estimate of drug-likeness (QED) is 0.718. The molecule has 0 fully saturated rings. The Morgan fingerprint density at radius 3 is 2.54 bits per heavy atom. The van der Waals surface area contributed by atoms with Crippen LogP contribution in [0.2, 0.25) is 5.02 Å². The molecule has 2 aromatic carbocycles. The third-order valence-electron chi connectivity index (χ3n) is 3.55. The SMILES string of the molecule is CCOc1cc(CNC(C)C)cc(Cl)c1OCc1cccc(C)c1. The number of rotatable bonds is 8. The van der Waals surface area contributed by atoms with Crippen molar-refractivity contribution in [1.82, 2.24) is 5.32 Å². The Balaban J connectivity index is 2.17. The van der Waals surface area contributed by atoms with Crippen LogP contribution in [0.1, 0.15) is 37.5 Å². The number of hydrogen-bond acceptors (Lipinski definition) is 3. The van der Waals surface area contributed by atoms with Gasteiger partial charge in [-0.1, -0.05) is 55.3 Å². The highest BCUT2D eigenvalue weighted by molar-refractivity contribution is 6.32. The number of benzene rings is 2. The molecular formula is C20H26ClNO2. The van der Waals surface area contributed by atoms with E-state index in [1.165, 1.54) is 5.56 Å². The van der Waals surface area contributed by atoms with E-state index >= 15 is 0 Å². The van der Waals surface area contributed by atoms with E-state index in [-0.39, 0.29) is 0 Å². The monoisotopic (exact) mass is 347 g/mol. The summed E-state index contributed by atoms with van der Waals surface area (Å²) in [6.07, 6.45) is 0. The summed E-state index contributed by atoms with van der Waals surface area (Å²) in [6.45, 7) is 10.0. The van der Waals surface area contributed by atoms with Gasteiger partial charge in [-0.15, -0.1) is 0 Å². The van der Waals surface area contributed by atoms with Gasteiger partial charge >= 0.3 is 0 Å². The number of hydrogen-bond donors (Lipinski definition) is 1. The van der Waals surface area contributed by atoms with E-state index < -0.39 is 0 Å². The van der Waals surface area contributed by atoms with Gasteiger partial charge in [0.25, 0.3) is 0 Å². The largest absolute Gasteiger partial charge is 0.490 e. The molecule has 4 heteroatoms. The van der Waals surface area contributed by atoms with Crippen LogP contribution in [0.4, 0.5) is 0 Å². The van der Waals surface area contributed by atoms with Crippen LogP contribution in [0.25, 0.3) is 0 Å². The van der Waals surface area contributed by atoms with Gasteiger partial charge in [0, 0.05) is 12.6 Å². The average molecular weight is 348 g/mol. The molecule has 0 saturated carbocycles. The predicted molar refractivity (Wildman–Crippen MR) is 100 cm³/mol. The first-order chi connectivity index (χ1) is 11.5. The second kappa shape index (κ2) is 8.95. The highest BCUT2D eigenvalue weighted by atomic mass is 35.5. The molecule has 0 aliphatic carbocycles. The van der Waals surface area contributed by atoms with Gasteiger partial charge in [-0.3, -0.25) is 0 Å². The Labute approximate surface area is 149 Å². The molecule has 0 spiro atoms. The first-order valence-electron chi connectivity index (χ1n) is 8.36. The van der Waals surface area contributed by atoms with Gasteiger partial charge in [-0.2, -0.15) is 0 Å². The lowest BCUT2D eigenvalue weighted by Gasteiger charge is -2.16. The summed E-state index contributed by atoms with van der Waals surface area (Å²) in [4.78, 5) is 0. The van der Waals surface area contributed by atoms with Crippen molar-refractivity contribution in [3.63, 3.8) is 0 Å². The smallest absolute Gasteiger partial charge is 0.180 e. The van der Waals surface area contributed by atoms with Crippen molar-refractivity contribution in [3.05, 3.63) is 58.1 Å². The van der Waals surface area contributed by atoms with Crippen LogP contribution in [-0.4, -0.2) is 12.6 Å². The molecule has 0 atom stereocenters. The topological polar surface area (TPSA) is 30.5 Å². The first kappa shape index (κ1) is 18.6.